The first-order chi connectivity index (χ1) is 14.2. The predicted molar refractivity (Wildman–Crippen MR) is 113 cm³/mol. The van der Waals surface area contributed by atoms with Crippen LogP contribution in [0.1, 0.15) is 44.1 Å². The molecule has 1 fully saturated rings. The summed E-state index contributed by atoms with van der Waals surface area (Å²) in [5, 5.41) is 0. The van der Waals surface area contributed by atoms with E-state index < -0.39 is 11.6 Å². The van der Waals surface area contributed by atoms with Gasteiger partial charge in [-0.25, -0.2) is 14.6 Å². The second-order valence-electron chi connectivity index (χ2n) is 8.13. The number of amides is 1. The van der Waals surface area contributed by atoms with Crippen LogP contribution in [0.3, 0.4) is 0 Å². The van der Waals surface area contributed by atoms with Crippen molar-refractivity contribution in [2.75, 3.05) is 37.7 Å². The van der Waals surface area contributed by atoms with Crippen LogP contribution in [-0.4, -0.2) is 60.3 Å². The number of hydrogen-bond acceptors (Lipinski definition) is 7. The number of benzene rings is 1. The summed E-state index contributed by atoms with van der Waals surface area (Å²) in [6, 6.07) is 7.76. The van der Waals surface area contributed by atoms with E-state index in [1.807, 2.05) is 45.0 Å². The molecule has 8 heteroatoms. The number of hydrogen-bond donors (Lipinski definition) is 0. The van der Waals surface area contributed by atoms with E-state index in [1.54, 1.807) is 18.7 Å². The number of aromatic nitrogens is 1. The summed E-state index contributed by atoms with van der Waals surface area (Å²) in [6.07, 6.45) is -0.273. The van der Waals surface area contributed by atoms with Gasteiger partial charge >= 0.3 is 12.1 Å². The summed E-state index contributed by atoms with van der Waals surface area (Å²) >= 11 is 0. The number of anilines is 1. The van der Waals surface area contributed by atoms with Crippen LogP contribution >= 0.6 is 0 Å². The molecule has 162 valence electrons. The van der Waals surface area contributed by atoms with E-state index in [9.17, 15) is 9.59 Å². The van der Waals surface area contributed by atoms with Crippen LogP contribution in [0.2, 0.25) is 0 Å². The number of esters is 1. The predicted octanol–water partition coefficient (Wildman–Crippen LogP) is 3.88. The highest BCUT2D eigenvalue weighted by Crippen LogP contribution is 2.28. The van der Waals surface area contributed by atoms with Gasteiger partial charge in [0, 0.05) is 44.4 Å². The van der Waals surface area contributed by atoms with Gasteiger partial charge in [0.25, 0.3) is 0 Å². The molecular formula is C22H29N3O5. The molecule has 0 radical (unpaired) electrons. The van der Waals surface area contributed by atoms with Crippen molar-refractivity contribution in [2.45, 2.75) is 40.2 Å². The van der Waals surface area contributed by atoms with Crippen LogP contribution in [0.4, 0.5) is 10.5 Å². The topological polar surface area (TPSA) is 85.1 Å². The van der Waals surface area contributed by atoms with Crippen molar-refractivity contribution in [3.63, 3.8) is 0 Å². The Hall–Kier alpha value is -3.03. The van der Waals surface area contributed by atoms with Gasteiger partial charge in [0.15, 0.2) is 17.3 Å². The number of rotatable bonds is 4. The van der Waals surface area contributed by atoms with E-state index >= 15 is 0 Å². The lowest BCUT2D eigenvalue weighted by Crippen LogP contribution is -2.50. The highest BCUT2D eigenvalue weighted by Gasteiger charge is 2.26. The van der Waals surface area contributed by atoms with Crippen molar-refractivity contribution < 1.29 is 23.5 Å². The van der Waals surface area contributed by atoms with Crippen LogP contribution in [0.15, 0.2) is 28.7 Å². The standard InChI is InChI=1S/C22H29N3O5/c1-6-28-20(26)18-19(29-15(2)23-18)16-7-9-17(10-8-16)24-11-13-25(14-12-24)21(27)30-22(3,4)5/h7-10H,6,11-14H2,1-5H3. The monoisotopic (exact) mass is 415 g/mol. The molecule has 1 aliphatic rings. The Morgan fingerprint density at radius 2 is 1.73 bits per heavy atom. The molecule has 1 aromatic heterocycles. The second kappa shape index (κ2) is 8.77. The Bertz CT molecular complexity index is 890. The number of nitrogens with zero attached hydrogens (tertiary/aromatic N) is 3. The van der Waals surface area contributed by atoms with Crippen LogP contribution in [0.25, 0.3) is 11.3 Å². The summed E-state index contributed by atoms with van der Waals surface area (Å²) in [6.45, 7) is 12.0. The summed E-state index contributed by atoms with van der Waals surface area (Å²) in [5.41, 5.74) is 1.49. The van der Waals surface area contributed by atoms with Gasteiger partial charge in [-0.05, 0) is 52.0 Å². The van der Waals surface area contributed by atoms with Crippen LogP contribution in [-0.2, 0) is 9.47 Å². The third-order valence-electron chi connectivity index (χ3n) is 4.63. The molecule has 0 atom stereocenters. The number of oxazole rings is 1. The molecule has 1 saturated heterocycles. The molecule has 8 nitrogen and oxygen atoms in total. The van der Waals surface area contributed by atoms with E-state index in [1.165, 1.54) is 0 Å². The zero-order valence-corrected chi connectivity index (χ0v) is 18.2. The molecule has 0 aliphatic carbocycles. The van der Waals surface area contributed by atoms with E-state index in [0.717, 1.165) is 11.3 Å². The minimum Gasteiger partial charge on any atom is -0.461 e. The van der Waals surface area contributed by atoms with Gasteiger partial charge in [-0.1, -0.05) is 0 Å². The fourth-order valence-corrected chi connectivity index (χ4v) is 3.26. The molecule has 0 bridgehead atoms. The van der Waals surface area contributed by atoms with Crippen LogP contribution in [0.5, 0.6) is 0 Å². The summed E-state index contributed by atoms with van der Waals surface area (Å²) < 4.78 is 16.2. The smallest absolute Gasteiger partial charge is 0.410 e. The summed E-state index contributed by atoms with van der Waals surface area (Å²) in [5.74, 6) is 0.328. The highest BCUT2D eigenvalue weighted by atomic mass is 16.6. The second-order valence-corrected chi connectivity index (χ2v) is 8.13. The number of carbonyl (C=O) groups is 2. The maximum atomic E-state index is 12.2. The molecule has 0 N–H and O–H groups in total. The van der Waals surface area contributed by atoms with Gasteiger partial charge in [0.1, 0.15) is 5.60 Å². The molecule has 1 amide bonds. The first kappa shape index (κ1) is 21.7. The average molecular weight is 415 g/mol. The van der Waals surface area contributed by atoms with E-state index in [4.69, 9.17) is 13.9 Å². The number of carbonyl (C=O) groups excluding carboxylic acids is 2. The molecule has 0 unspecified atom stereocenters. The van der Waals surface area contributed by atoms with Crippen molar-refractivity contribution in [3.8, 4) is 11.3 Å². The van der Waals surface area contributed by atoms with Crippen molar-refractivity contribution >= 4 is 17.7 Å². The maximum absolute atomic E-state index is 12.2. The van der Waals surface area contributed by atoms with Gasteiger partial charge < -0.3 is 23.7 Å². The number of piperazine rings is 1. The maximum Gasteiger partial charge on any atom is 0.410 e. The van der Waals surface area contributed by atoms with Crippen LogP contribution < -0.4 is 4.90 Å². The molecule has 30 heavy (non-hydrogen) atoms. The fourth-order valence-electron chi connectivity index (χ4n) is 3.26. The largest absolute Gasteiger partial charge is 0.461 e. The van der Waals surface area contributed by atoms with Gasteiger partial charge in [-0.2, -0.15) is 0 Å². The first-order valence-electron chi connectivity index (χ1n) is 10.2. The molecule has 1 aromatic carbocycles. The number of aryl methyl sites for hydroxylation is 1. The third-order valence-corrected chi connectivity index (χ3v) is 4.63. The van der Waals surface area contributed by atoms with Gasteiger partial charge in [0.05, 0.1) is 6.61 Å². The van der Waals surface area contributed by atoms with E-state index in [-0.39, 0.29) is 18.4 Å². The normalized spacial score (nSPS) is 14.6. The zero-order chi connectivity index (χ0) is 21.9. The third kappa shape index (κ3) is 5.11. The Balaban J connectivity index is 1.66. The fraction of sp³-hybridized carbons (Fsp3) is 0.500. The van der Waals surface area contributed by atoms with Gasteiger partial charge in [-0.3, -0.25) is 0 Å². The lowest BCUT2D eigenvalue weighted by Gasteiger charge is -2.36. The van der Waals surface area contributed by atoms with Crippen molar-refractivity contribution in [1.82, 2.24) is 9.88 Å². The molecule has 2 heterocycles. The molecular weight excluding hydrogens is 386 g/mol. The average Bonchev–Trinajstić information content (AvgIpc) is 3.09. The highest BCUT2D eigenvalue weighted by molar-refractivity contribution is 5.93. The van der Waals surface area contributed by atoms with Crippen molar-refractivity contribution in [2.24, 2.45) is 0 Å². The zero-order valence-electron chi connectivity index (χ0n) is 18.2. The van der Waals surface area contributed by atoms with Crippen molar-refractivity contribution in [1.29, 1.82) is 0 Å². The SMILES string of the molecule is CCOC(=O)c1nc(C)oc1-c1ccc(N2CCN(C(=O)OC(C)(C)C)CC2)cc1. The molecule has 1 aliphatic heterocycles. The van der Waals surface area contributed by atoms with Crippen molar-refractivity contribution in [3.05, 3.63) is 35.9 Å². The Morgan fingerprint density at radius 1 is 1.10 bits per heavy atom. The molecule has 0 spiro atoms. The van der Waals surface area contributed by atoms with Gasteiger partial charge in [0.2, 0.25) is 0 Å². The number of ether oxygens (including phenoxy) is 2. The molecule has 0 saturated carbocycles. The molecule has 3 rings (SSSR count). The van der Waals surface area contributed by atoms with E-state index in [2.05, 4.69) is 9.88 Å². The lowest BCUT2D eigenvalue weighted by atomic mass is 10.1. The quantitative estimate of drug-likeness (QED) is 0.701. The van der Waals surface area contributed by atoms with E-state index in [0.29, 0.717) is 37.8 Å². The molecule has 2 aromatic rings. The summed E-state index contributed by atoms with van der Waals surface area (Å²) in [7, 11) is 0. The first-order valence-corrected chi connectivity index (χ1v) is 10.2. The minimum atomic E-state index is -0.495. The van der Waals surface area contributed by atoms with Gasteiger partial charge in [-0.15, -0.1) is 0 Å². The Kier molecular flexibility index (Phi) is 6.34. The lowest BCUT2D eigenvalue weighted by molar-refractivity contribution is 0.0240. The summed E-state index contributed by atoms with van der Waals surface area (Å²) in [4.78, 5) is 32.5. The Labute approximate surface area is 176 Å². The van der Waals surface area contributed by atoms with Crippen LogP contribution in [0, 0.1) is 6.92 Å². The minimum absolute atomic E-state index is 0.188. The Morgan fingerprint density at radius 3 is 2.30 bits per heavy atom.